The number of carbonyl (C=O) groups excluding carboxylic acids is 6. The van der Waals surface area contributed by atoms with Crippen molar-refractivity contribution in [1.82, 2.24) is 40.6 Å². The van der Waals surface area contributed by atoms with Gasteiger partial charge >= 0.3 is 6.16 Å². The van der Waals surface area contributed by atoms with E-state index in [2.05, 4.69) is 21.0 Å². The maximum Gasteiger partial charge on any atom is 0.527 e. The molecule has 17 nitrogen and oxygen atoms in total. The number of amides is 5. The van der Waals surface area contributed by atoms with Crippen molar-refractivity contribution in [3.8, 4) is 11.6 Å². The second-order valence-electron chi connectivity index (χ2n) is 13.7. The van der Waals surface area contributed by atoms with Gasteiger partial charge in [-0.1, -0.05) is 18.2 Å². The van der Waals surface area contributed by atoms with Gasteiger partial charge in [0, 0.05) is 44.2 Å². The lowest BCUT2D eigenvalue weighted by Crippen LogP contribution is -2.55. The van der Waals surface area contributed by atoms with Crippen LogP contribution in [0, 0.1) is 5.92 Å². The number of benzene rings is 1. The van der Waals surface area contributed by atoms with Crippen molar-refractivity contribution in [2.45, 2.75) is 76.4 Å². The highest BCUT2D eigenvalue weighted by Crippen LogP contribution is 2.29. The Balaban J connectivity index is 1.13. The summed E-state index contributed by atoms with van der Waals surface area (Å²) in [5.41, 5.74) is 0.522. The monoisotopic (exact) mass is 736 g/mol. The van der Waals surface area contributed by atoms with Crippen LogP contribution in [0.5, 0.6) is 5.88 Å². The van der Waals surface area contributed by atoms with E-state index in [0.717, 1.165) is 32.1 Å². The van der Waals surface area contributed by atoms with Crippen LogP contribution in [0.3, 0.4) is 0 Å². The van der Waals surface area contributed by atoms with Crippen molar-refractivity contribution in [2.75, 3.05) is 52.5 Å². The summed E-state index contributed by atoms with van der Waals surface area (Å²) in [7, 11) is 0. The van der Waals surface area contributed by atoms with Gasteiger partial charge in [-0.3, -0.25) is 24.0 Å². The van der Waals surface area contributed by atoms with E-state index in [-0.39, 0.29) is 99.5 Å². The lowest BCUT2D eigenvalue weighted by atomic mass is 9.93. The molecule has 4 fully saturated rings. The summed E-state index contributed by atoms with van der Waals surface area (Å²) in [4.78, 5) is 86.2. The molecular formula is C36H48N8O9. The Labute approximate surface area is 307 Å². The first-order chi connectivity index (χ1) is 25.7. The Morgan fingerprint density at radius 1 is 0.906 bits per heavy atom. The number of rotatable bonds is 15. The molecule has 0 spiro atoms. The first-order valence-electron chi connectivity index (χ1n) is 18.5. The smallest absolute Gasteiger partial charge is 0.467 e. The second-order valence-corrected chi connectivity index (χ2v) is 13.7. The molecular weight excluding hydrogens is 688 g/mol. The van der Waals surface area contributed by atoms with Crippen molar-refractivity contribution in [3.63, 3.8) is 0 Å². The first-order valence-corrected chi connectivity index (χ1v) is 18.5. The molecule has 2 atom stereocenters. The zero-order valence-electron chi connectivity index (χ0n) is 30.0. The summed E-state index contributed by atoms with van der Waals surface area (Å²) >= 11 is 0. The normalized spacial score (nSPS) is 19.5. The van der Waals surface area contributed by atoms with E-state index in [4.69, 9.17) is 14.3 Å². The van der Waals surface area contributed by atoms with Crippen LogP contribution in [0.25, 0.3) is 5.69 Å². The van der Waals surface area contributed by atoms with E-state index < -0.39 is 24.1 Å². The van der Waals surface area contributed by atoms with Gasteiger partial charge in [-0.15, -0.1) is 5.06 Å². The van der Waals surface area contributed by atoms with E-state index in [1.165, 1.54) is 15.8 Å². The molecule has 6 rings (SSSR count). The number of nitrogens with zero attached hydrogens (tertiary/aromatic N) is 5. The SMILES string of the molecule is CCOC(=O)ON1CCN(C(=O)[C@H](CCNC(=O)C2CC2)NC(=O)c2cc(OCC(=O)N3CCC[C@H]3C(=O)NC3CCC3)n(-c3ccccc3)n2)CC1. The van der Waals surface area contributed by atoms with Crippen molar-refractivity contribution < 1.29 is 43.1 Å². The van der Waals surface area contributed by atoms with E-state index in [0.29, 0.717) is 25.1 Å². The van der Waals surface area contributed by atoms with Gasteiger partial charge < -0.3 is 40.1 Å². The minimum Gasteiger partial charge on any atom is -0.467 e. The minimum atomic E-state index is -1.01. The van der Waals surface area contributed by atoms with Gasteiger partial charge in [-0.05, 0) is 70.4 Å². The number of hydrogen-bond acceptors (Lipinski definition) is 11. The predicted octanol–water partition coefficient (Wildman–Crippen LogP) is 1.16. The van der Waals surface area contributed by atoms with Crippen LogP contribution in [-0.4, -0.2) is 131 Å². The Morgan fingerprint density at radius 3 is 2.34 bits per heavy atom. The third kappa shape index (κ3) is 9.82. The molecule has 3 heterocycles. The molecule has 1 aromatic carbocycles. The van der Waals surface area contributed by atoms with E-state index in [9.17, 15) is 28.8 Å². The number of piperazine rings is 1. The standard InChI is InChI=1S/C36H48N8O9/c1-2-51-36(50)53-42-20-18-41(19-21-42)35(49)27(15-16-37-32(46)24-13-14-24)39-33(47)28-22-31(44(40-28)26-10-4-3-5-11-26)52-23-30(45)43-17-7-12-29(43)34(48)38-25-8-6-9-25/h3-5,10-11,22,24-25,27,29H,2,6-9,12-21,23H2,1H3,(H,37,46)(H,38,48)(H,39,47)/t27-,29-/m0/s1. The minimum absolute atomic E-state index is 0.0145. The summed E-state index contributed by atoms with van der Waals surface area (Å²) in [6.07, 6.45) is 5.25. The number of likely N-dealkylation sites (tertiary alicyclic amines) is 1. The molecule has 0 bridgehead atoms. The highest BCUT2D eigenvalue weighted by atomic mass is 16.8. The molecule has 2 saturated heterocycles. The maximum atomic E-state index is 13.8. The number of ether oxygens (including phenoxy) is 2. The van der Waals surface area contributed by atoms with E-state index >= 15 is 0 Å². The molecule has 5 amide bonds. The fourth-order valence-electron chi connectivity index (χ4n) is 6.53. The van der Waals surface area contributed by atoms with Crippen LogP contribution in [0.15, 0.2) is 36.4 Å². The zero-order chi connectivity index (χ0) is 37.3. The van der Waals surface area contributed by atoms with Crippen molar-refractivity contribution in [1.29, 1.82) is 0 Å². The summed E-state index contributed by atoms with van der Waals surface area (Å²) in [5.74, 6) is -1.47. The predicted molar refractivity (Wildman–Crippen MR) is 187 cm³/mol. The largest absolute Gasteiger partial charge is 0.527 e. The quantitative estimate of drug-likeness (QED) is 0.222. The lowest BCUT2D eigenvalue weighted by molar-refractivity contribution is -0.157. The van der Waals surface area contributed by atoms with E-state index in [1.54, 1.807) is 41.0 Å². The van der Waals surface area contributed by atoms with Gasteiger partial charge in [0.15, 0.2) is 12.3 Å². The lowest BCUT2D eigenvalue weighted by Gasteiger charge is -2.35. The molecule has 3 N–H and O–H groups in total. The average Bonchev–Trinajstić information content (AvgIpc) is 3.72. The molecule has 17 heteroatoms. The topological polar surface area (TPSA) is 194 Å². The van der Waals surface area contributed by atoms with Gasteiger partial charge in [0.05, 0.1) is 25.4 Å². The Hall–Kier alpha value is -5.19. The number of hydroxylamine groups is 2. The summed E-state index contributed by atoms with van der Waals surface area (Å²) < 4.78 is 12.2. The van der Waals surface area contributed by atoms with Crippen LogP contribution in [0.2, 0.25) is 0 Å². The fraction of sp³-hybridized carbons (Fsp3) is 0.583. The van der Waals surface area contributed by atoms with Crippen LogP contribution in [0.1, 0.15) is 68.8 Å². The second kappa shape index (κ2) is 17.6. The number of nitrogens with one attached hydrogen (secondary N) is 3. The molecule has 2 aliphatic carbocycles. The third-order valence-corrected chi connectivity index (χ3v) is 9.88. The number of hydrogen-bond donors (Lipinski definition) is 3. The van der Waals surface area contributed by atoms with Gasteiger partial charge in [0.1, 0.15) is 12.1 Å². The molecule has 1 aromatic heterocycles. The van der Waals surface area contributed by atoms with Crippen LogP contribution in [0.4, 0.5) is 4.79 Å². The molecule has 0 unspecified atom stereocenters. The summed E-state index contributed by atoms with van der Waals surface area (Å²) in [6.45, 7) is 3.03. The van der Waals surface area contributed by atoms with Crippen LogP contribution < -0.4 is 20.7 Å². The summed E-state index contributed by atoms with van der Waals surface area (Å²) in [5, 5.41) is 14.6. The first kappa shape index (κ1) is 37.6. The molecule has 2 aromatic rings. The van der Waals surface area contributed by atoms with Crippen molar-refractivity contribution >= 4 is 35.7 Å². The molecule has 4 aliphatic rings. The molecule has 286 valence electrons. The van der Waals surface area contributed by atoms with E-state index in [1.807, 2.05) is 6.07 Å². The highest BCUT2D eigenvalue weighted by Gasteiger charge is 2.36. The maximum absolute atomic E-state index is 13.8. The average molecular weight is 737 g/mol. The molecule has 53 heavy (non-hydrogen) atoms. The van der Waals surface area contributed by atoms with Crippen LogP contribution >= 0.6 is 0 Å². The Bertz CT molecular complexity index is 1640. The molecule has 2 saturated carbocycles. The fourth-order valence-corrected chi connectivity index (χ4v) is 6.53. The number of carbonyl (C=O) groups is 6. The van der Waals surface area contributed by atoms with Gasteiger partial charge in [0.2, 0.25) is 23.6 Å². The molecule has 0 radical (unpaired) electrons. The summed E-state index contributed by atoms with van der Waals surface area (Å²) in [6, 6.07) is 8.97. The molecule has 2 aliphatic heterocycles. The van der Waals surface area contributed by atoms with Gasteiger partial charge in [0.25, 0.3) is 11.8 Å². The zero-order valence-corrected chi connectivity index (χ0v) is 30.0. The highest BCUT2D eigenvalue weighted by molar-refractivity contribution is 5.96. The van der Waals surface area contributed by atoms with Crippen molar-refractivity contribution in [2.24, 2.45) is 5.92 Å². The van der Waals surface area contributed by atoms with Gasteiger partial charge in [-0.25, -0.2) is 9.48 Å². The van der Waals surface area contributed by atoms with Crippen LogP contribution in [-0.2, 0) is 28.8 Å². The Kier molecular flexibility index (Phi) is 12.4. The number of aromatic nitrogens is 2. The third-order valence-electron chi connectivity index (χ3n) is 9.88. The van der Waals surface area contributed by atoms with Gasteiger partial charge in [-0.2, -0.15) is 5.10 Å². The Morgan fingerprint density at radius 2 is 1.66 bits per heavy atom. The number of para-hydroxylation sites is 1. The van der Waals surface area contributed by atoms with Crippen molar-refractivity contribution in [3.05, 3.63) is 42.1 Å².